The van der Waals surface area contributed by atoms with Gasteiger partial charge in [0.05, 0.1) is 0 Å². The van der Waals surface area contributed by atoms with Crippen LogP contribution in [0.5, 0.6) is 5.75 Å². The summed E-state index contributed by atoms with van der Waals surface area (Å²) in [4.78, 5) is 0. The molecule has 3 aromatic rings. The van der Waals surface area contributed by atoms with Crippen LogP contribution in [-0.2, 0) is 0 Å². The molecule has 0 aliphatic rings. The van der Waals surface area contributed by atoms with E-state index in [1.165, 1.54) is 0 Å². The molecule has 0 radical (unpaired) electrons. The van der Waals surface area contributed by atoms with Crippen molar-refractivity contribution in [2.75, 3.05) is 6.61 Å². The third-order valence-corrected chi connectivity index (χ3v) is 4.33. The molecule has 0 aliphatic carbocycles. The summed E-state index contributed by atoms with van der Waals surface area (Å²) >= 11 is 6.05. The first-order valence-electron chi connectivity index (χ1n) is 8.14. The van der Waals surface area contributed by atoms with Gasteiger partial charge in [0.25, 0.3) is 0 Å². The zero-order valence-electron chi connectivity index (χ0n) is 13.7. The van der Waals surface area contributed by atoms with Crippen LogP contribution in [0.25, 0.3) is 11.1 Å². The van der Waals surface area contributed by atoms with E-state index in [2.05, 4.69) is 0 Å². The summed E-state index contributed by atoms with van der Waals surface area (Å²) in [6, 6.07) is 24.8. The van der Waals surface area contributed by atoms with E-state index >= 15 is 0 Å². The number of aliphatic hydroxyl groups is 1. The number of halogens is 1. The lowest BCUT2D eigenvalue weighted by Gasteiger charge is -2.17. The highest BCUT2D eigenvalue weighted by atomic mass is 35.5. The Morgan fingerprint density at radius 1 is 0.720 bits per heavy atom. The van der Waals surface area contributed by atoms with Crippen LogP contribution in [0.3, 0.4) is 0 Å². The van der Waals surface area contributed by atoms with Gasteiger partial charge in [-0.2, -0.15) is 0 Å². The fraction of sp³-hybridized carbons (Fsp3) is 0.0909. The van der Waals surface area contributed by atoms with Crippen LogP contribution in [0.1, 0.15) is 23.1 Å². The number of aromatic hydroxyl groups is 1. The Morgan fingerprint density at radius 3 is 1.84 bits per heavy atom. The average Bonchev–Trinajstić information content (AvgIpc) is 2.65. The van der Waals surface area contributed by atoms with E-state index in [0.717, 1.165) is 27.8 Å². The average molecular weight is 351 g/mol. The van der Waals surface area contributed by atoms with Crippen molar-refractivity contribution >= 4 is 22.7 Å². The van der Waals surface area contributed by atoms with Crippen LogP contribution < -0.4 is 0 Å². The van der Waals surface area contributed by atoms with E-state index in [4.69, 9.17) is 11.6 Å². The Hall–Kier alpha value is -2.55. The fourth-order valence-electron chi connectivity index (χ4n) is 2.92. The normalized spacial score (nSPS) is 11.9. The summed E-state index contributed by atoms with van der Waals surface area (Å²) in [6.07, 6.45) is 0.531. The first kappa shape index (κ1) is 17.3. The van der Waals surface area contributed by atoms with Crippen molar-refractivity contribution in [3.8, 4) is 5.75 Å². The Balaban J connectivity index is 2.26. The Morgan fingerprint density at radius 2 is 1.28 bits per heavy atom. The van der Waals surface area contributed by atoms with Crippen LogP contribution >= 0.6 is 11.6 Å². The number of phenols is 1. The number of benzene rings is 3. The third-order valence-electron chi connectivity index (χ3n) is 4.07. The highest BCUT2D eigenvalue weighted by molar-refractivity contribution is 6.30. The van der Waals surface area contributed by atoms with E-state index < -0.39 is 0 Å². The first-order chi connectivity index (χ1) is 12.2. The van der Waals surface area contributed by atoms with Crippen molar-refractivity contribution in [2.45, 2.75) is 6.42 Å². The second-order valence-corrected chi connectivity index (χ2v) is 6.18. The molecule has 25 heavy (non-hydrogen) atoms. The monoisotopic (exact) mass is 350 g/mol. The van der Waals surface area contributed by atoms with Gasteiger partial charge in [0.15, 0.2) is 0 Å². The van der Waals surface area contributed by atoms with Gasteiger partial charge < -0.3 is 10.2 Å². The lowest BCUT2D eigenvalue weighted by Crippen LogP contribution is -1.97. The number of phenolic OH excluding ortho intramolecular Hbond substituents is 1. The molecule has 0 atom stereocenters. The van der Waals surface area contributed by atoms with Crippen LogP contribution in [-0.4, -0.2) is 16.8 Å². The smallest absolute Gasteiger partial charge is 0.115 e. The maximum Gasteiger partial charge on any atom is 0.115 e. The van der Waals surface area contributed by atoms with Crippen LogP contribution in [0.15, 0.2) is 78.9 Å². The van der Waals surface area contributed by atoms with Gasteiger partial charge in [0.1, 0.15) is 5.75 Å². The van der Waals surface area contributed by atoms with Crippen molar-refractivity contribution in [3.63, 3.8) is 0 Å². The zero-order chi connectivity index (χ0) is 17.6. The number of hydrogen-bond donors (Lipinski definition) is 2. The van der Waals surface area contributed by atoms with Gasteiger partial charge in [0.2, 0.25) is 0 Å². The van der Waals surface area contributed by atoms with Gasteiger partial charge in [-0.1, -0.05) is 66.2 Å². The van der Waals surface area contributed by atoms with Gasteiger partial charge in [0, 0.05) is 11.6 Å². The Bertz CT molecular complexity index is 803. The van der Waals surface area contributed by atoms with Gasteiger partial charge in [-0.3, -0.25) is 0 Å². The predicted octanol–water partition coefficient (Wildman–Crippen LogP) is 5.39. The van der Waals surface area contributed by atoms with Gasteiger partial charge in [-0.05, 0) is 58.5 Å². The molecule has 0 saturated carbocycles. The second kappa shape index (κ2) is 8.02. The number of rotatable bonds is 5. The topological polar surface area (TPSA) is 40.5 Å². The summed E-state index contributed by atoms with van der Waals surface area (Å²) in [5.41, 5.74) is 5.14. The fourth-order valence-corrected chi connectivity index (χ4v) is 3.05. The molecule has 0 spiro atoms. The van der Waals surface area contributed by atoms with Gasteiger partial charge >= 0.3 is 0 Å². The van der Waals surface area contributed by atoms with Gasteiger partial charge in [-0.15, -0.1) is 0 Å². The van der Waals surface area contributed by atoms with Gasteiger partial charge in [-0.25, -0.2) is 0 Å². The molecule has 2 nitrogen and oxygen atoms in total. The van der Waals surface area contributed by atoms with E-state index in [-0.39, 0.29) is 12.4 Å². The summed E-state index contributed by atoms with van der Waals surface area (Å²) < 4.78 is 0. The minimum absolute atomic E-state index is 0.0550. The maximum atomic E-state index is 9.63. The molecular formula is C22H19ClO2. The standard InChI is InChI=1S/C22H19ClO2/c23-19-10-6-17(7-11-19)22(18-8-12-20(25)13-9-18)21(14-15-24)16-4-2-1-3-5-16/h1-13,24-25H,14-15H2. The van der Waals surface area contributed by atoms with E-state index in [1.54, 1.807) is 12.1 Å². The highest BCUT2D eigenvalue weighted by Crippen LogP contribution is 2.35. The Kier molecular flexibility index (Phi) is 5.54. The van der Waals surface area contributed by atoms with Crippen LogP contribution in [0.2, 0.25) is 5.02 Å². The quantitative estimate of drug-likeness (QED) is 0.606. The maximum absolute atomic E-state index is 9.63. The summed E-state index contributed by atoms with van der Waals surface area (Å²) in [5.74, 6) is 0.225. The molecule has 2 N–H and O–H groups in total. The van der Waals surface area contributed by atoms with Crippen LogP contribution in [0.4, 0.5) is 0 Å². The van der Waals surface area contributed by atoms with Crippen molar-refractivity contribution < 1.29 is 10.2 Å². The van der Waals surface area contributed by atoms with Crippen molar-refractivity contribution in [1.29, 1.82) is 0 Å². The van der Waals surface area contributed by atoms with Crippen molar-refractivity contribution in [1.82, 2.24) is 0 Å². The molecule has 3 aromatic carbocycles. The minimum atomic E-state index is 0.0550. The SMILES string of the molecule is OCCC(=C(c1ccc(O)cc1)c1ccc(Cl)cc1)c1ccccc1. The molecule has 0 bridgehead atoms. The largest absolute Gasteiger partial charge is 0.508 e. The van der Waals surface area contributed by atoms with E-state index in [9.17, 15) is 10.2 Å². The molecule has 0 unspecified atom stereocenters. The molecule has 0 amide bonds. The lowest BCUT2D eigenvalue weighted by atomic mass is 9.88. The second-order valence-electron chi connectivity index (χ2n) is 5.75. The molecule has 0 saturated heterocycles. The van der Waals surface area contributed by atoms with Crippen LogP contribution in [0, 0.1) is 0 Å². The predicted molar refractivity (Wildman–Crippen MR) is 104 cm³/mol. The molecule has 0 aliphatic heterocycles. The van der Waals surface area contributed by atoms with E-state index in [0.29, 0.717) is 11.4 Å². The molecule has 0 aromatic heterocycles. The zero-order valence-corrected chi connectivity index (χ0v) is 14.4. The molecule has 0 heterocycles. The number of aliphatic hydroxyl groups excluding tert-OH is 1. The lowest BCUT2D eigenvalue weighted by molar-refractivity contribution is 0.305. The third kappa shape index (κ3) is 4.11. The van der Waals surface area contributed by atoms with E-state index in [1.807, 2.05) is 66.7 Å². The molecule has 0 fully saturated rings. The highest BCUT2D eigenvalue weighted by Gasteiger charge is 2.14. The molecule has 3 rings (SSSR count). The summed E-state index contributed by atoms with van der Waals surface area (Å²) in [6.45, 7) is 0.0550. The number of hydrogen-bond acceptors (Lipinski definition) is 2. The minimum Gasteiger partial charge on any atom is -0.508 e. The summed E-state index contributed by atoms with van der Waals surface area (Å²) in [5, 5.41) is 19.9. The first-order valence-corrected chi connectivity index (χ1v) is 8.51. The molecule has 126 valence electrons. The molecular weight excluding hydrogens is 332 g/mol. The molecule has 3 heteroatoms. The summed E-state index contributed by atoms with van der Waals surface area (Å²) in [7, 11) is 0. The van der Waals surface area contributed by atoms with Crippen molar-refractivity contribution in [3.05, 3.63) is 101 Å². The Labute approximate surface area is 152 Å². The van der Waals surface area contributed by atoms with Crippen molar-refractivity contribution in [2.24, 2.45) is 0 Å².